The van der Waals surface area contributed by atoms with E-state index in [1.165, 1.54) is 29.4 Å². The molecule has 4 aromatic rings. The molecule has 0 aliphatic rings. The fourth-order valence-corrected chi connectivity index (χ4v) is 2.96. The van der Waals surface area contributed by atoms with E-state index in [-0.39, 0.29) is 12.2 Å². The predicted molar refractivity (Wildman–Crippen MR) is 104 cm³/mol. The lowest BCUT2D eigenvalue weighted by Crippen LogP contribution is -2.13. The normalized spacial score (nSPS) is 11.6. The van der Waals surface area contributed by atoms with Crippen LogP contribution in [-0.2, 0) is 12.5 Å². The minimum Gasteiger partial charge on any atom is -0.458 e. The van der Waals surface area contributed by atoms with Crippen molar-refractivity contribution in [3.63, 3.8) is 0 Å². The van der Waals surface area contributed by atoms with E-state index in [9.17, 15) is 13.6 Å². The van der Waals surface area contributed by atoms with Crippen LogP contribution < -0.4 is 5.32 Å². The Morgan fingerprint density at radius 1 is 1.27 bits per heavy atom. The van der Waals surface area contributed by atoms with Crippen LogP contribution in [0.5, 0.6) is 0 Å². The van der Waals surface area contributed by atoms with Crippen LogP contribution in [0, 0.1) is 6.92 Å². The number of nitrogens with zero attached hydrogens (tertiary/aromatic N) is 3. The van der Waals surface area contributed by atoms with Crippen molar-refractivity contribution >= 4 is 11.6 Å². The number of benzene rings is 1. The van der Waals surface area contributed by atoms with Crippen molar-refractivity contribution in [2.45, 2.75) is 26.3 Å². The summed E-state index contributed by atoms with van der Waals surface area (Å²) in [5.74, 6) is -3.22. The predicted octanol–water partition coefficient (Wildman–Crippen LogP) is 4.85. The number of anilines is 1. The second-order valence-electron chi connectivity index (χ2n) is 6.93. The Bertz CT molecular complexity index is 1190. The fourth-order valence-electron chi connectivity index (χ4n) is 2.96. The summed E-state index contributed by atoms with van der Waals surface area (Å²) in [4.78, 5) is 16.7. The average Bonchev–Trinajstić information content (AvgIpc) is 3.42. The van der Waals surface area contributed by atoms with Gasteiger partial charge < -0.3 is 14.2 Å². The van der Waals surface area contributed by atoms with E-state index in [0.29, 0.717) is 17.2 Å². The van der Waals surface area contributed by atoms with Crippen LogP contribution in [0.25, 0.3) is 11.3 Å². The van der Waals surface area contributed by atoms with Crippen molar-refractivity contribution < 1.29 is 22.4 Å². The summed E-state index contributed by atoms with van der Waals surface area (Å²) in [6.45, 7) is 2.86. The number of furan rings is 1. The van der Waals surface area contributed by atoms with Crippen LogP contribution in [0.15, 0.2) is 64.0 Å². The molecule has 9 heteroatoms. The Hall–Kier alpha value is -3.75. The maximum atomic E-state index is 13.3. The second kappa shape index (κ2) is 7.58. The van der Waals surface area contributed by atoms with Gasteiger partial charge in [-0.05, 0) is 25.1 Å². The summed E-state index contributed by atoms with van der Waals surface area (Å²) in [6.07, 6.45) is 4.23. The molecule has 30 heavy (non-hydrogen) atoms. The van der Waals surface area contributed by atoms with Crippen LogP contribution in [0.4, 0.5) is 14.5 Å². The van der Waals surface area contributed by atoms with Crippen molar-refractivity contribution in [2.75, 3.05) is 5.32 Å². The number of oxazole rings is 1. The van der Waals surface area contributed by atoms with Gasteiger partial charge in [-0.25, -0.2) is 4.98 Å². The van der Waals surface area contributed by atoms with Gasteiger partial charge in [-0.2, -0.15) is 13.9 Å². The number of carbonyl (C=O) groups is 1. The quantitative estimate of drug-likeness (QED) is 0.489. The minimum absolute atomic E-state index is 0.143. The molecule has 0 bridgehead atoms. The molecule has 1 aromatic carbocycles. The first kappa shape index (κ1) is 19.6. The Balaban J connectivity index is 1.46. The summed E-state index contributed by atoms with van der Waals surface area (Å²) in [5.41, 5.74) is 2.34. The zero-order chi connectivity index (χ0) is 21.3. The van der Waals surface area contributed by atoms with E-state index in [0.717, 1.165) is 18.1 Å². The maximum Gasteiger partial charge on any atom is 0.301 e. The van der Waals surface area contributed by atoms with Gasteiger partial charge in [-0.1, -0.05) is 23.8 Å². The summed E-state index contributed by atoms with van der Waals surface area (Å²) in [6, 6.07) is 10.2. The van der Waals surface area contributed by atoms with Gasteiger partial charge in [0.1, 0.15) is 5.76 Å². The largest absolute Gasteiger partial charge is 0.458 e. The molecule has 0 spiro atoms. The Morgan fingerprint density at radius 3 is 2.83 bits per heavy atom. The van der Waals surface area contributed by atoms with Gasteiger partial charge in [0.25, 0.3) is 5.91 Å². The fraction of sp³-hybridized carbons (Fsp3) is 0.190. The molecule has 1 N–H and O–H groups in total. The first-order valence-corrected chi connectivity index (χ1v) is 9.11. The standard InChI is InChI=1S/C21H18F2N4O3/c1-13-4-3-5-14(8-13)19-18(24-12-29-19)20(28)26-15-9-25-27(10-15)11-16-6-7-17(30-16)21(2,22)23/h3-10,12H,11H2,1-2H3,(H,26,28). The highest BCUT2D eigenvalue weighted by atomic mass is 19.3. The van der Waals surface area contributed by atoms with E-state index in [1.54, 1.807) is 6.20 Å². The number of carbonyl (C=O) groups excluding carboxylic acids is 1. The number of hydrogen-bond donors (Lipinski definition) is 1. The van der Waals surface area contributed by atoms with E-state index < -0.39 is 17.6 Å². The lowest BCUT2D eigenvalue weighted by atomic mass is 10.1. The molecule has 3 heterocycles. The molecule has 0 saturated carbocycles. The summed E-state index contributed by atoms with van der Waals surface area (Å²) < 4.78 is 38.6. The number of aromatic nitrogens is 3. The third-order valence-electron chi connectivity index (χ3n) is 4.37. The molecule has 0 aliphatic carbocycles. The third-order valence-corrected chi connectivity index (χ3v) is 4.37. The average molecular weight is 412 g/mol. The summed E-state index contributed by atoms with van der Waals surface area (Å²) >= 11 is 0. The number of rotatable bonds is 6. The molecule has 4 rings (SSSR count). The molecule has 1 amide bonds. The topological polar surface area (TPSA) is 86.1 Å². The highest BCUT2D eigenvalue weighted by Crippen LogP contribution is 2.29. The van der Waals surface area contributed by atoms with Gasteiger partial charge in [0.15, 0.2) is 23.6 Å². The number of nitrogens with one attached hydrogen (secondary N) is 1. The molecule has 0 fully saturated rings. The van der Waals surface area contributed by atoms with E-state index >= 15 is 0 Å². The first-order valence-electron chi connectivity index (χ1n) is 9.11. The van der Waals surface area contributed by atoms with Crippen LogP contribution in [0.3, 0.4) is 0 Å². The molecule has 0 saturated heterocycles. The highest BCUT2D eigenvalue weighted by Gasteiger charge is 2.28. The van der Waals surface area contributed by atoms with Gasteiger partial charge in [-0.3, -0.25) is 9.48 Å². The lowest BCUT2D eigenvalue weighted by Gasteiger charge is -2.05. The van der Waals surface area contributed by atoms with Crippen molar-refractivity contribution in [3.05, 3.63) is 78.0 Å². The molecule has 154 valence electrons. The molecule has 0 aliphatic heterocycles. The van der Waals surface area contributed by atoms with E-state index in [4.69, 9.17) is 8.83 Å². The minimum atomic E-state index is -3.05. The molecular weight excluding hydrogens is 394 g/mol. The number of alkyl halides is 2. The van der Waals surface area contributed by atoms with Gasteiger partial charge in [-0.15, -0.1) is 0 Å². The van der Waals surface area contributed by atoms with Gasteiger partial charge >= 0.3 is 5.92 Å². The number of halogens is 2. The first-order chi connectivity index (χ1) is 14.3. The Labute approximate surface area is 170 Å². The summed E-state index contributed by atoms with van der Waals surface area (Å²) in [7, 11) is 0. The molecule has 0 unspecified atom stereocenters. The summed E-state index contributed by atoms with van der Waals surface area (Å²) in [5, 5.41) is 6.83. The number of aryl methyl sites for hydroxylation is 1. The second-order valence-corrected chi connectivity index (χ2v) is 6.93. The molecule has 0 radical (unpaired) electrons. The van der Waals surface area contributed by atoms with E-state index in [2.05, 4.69) is 15.4 Å². The van der Waals surface area contributed by atoms with E-state index in [1.807, 2.05) is 31.2 Å². The van der Waals surface area contributed by atoms with Gasteiger partial charge in [0.2, 0.25) is 0 Å². The van der Waals surface area contributed by atoms with Crippen molar-refractivity contribution in [1.29, 1.82) is 0 Å². The van der Waals surface area contributed by atoms with Gasteiger partial charge in [0, 0.05) is 18.7 Å². The van der Waals surface area contributed by atoms with Crippen molar-refractivity contribution in [1.82, 2.24) is 14.8 Å². The maximum absolute atomic E-state index is 13.3. The molecular formula is C21H18F2N4O3. The van der Waals surface area contributed by atoms with Crippen molar-refractivity contribution in [3.8, 4) is 11.3 Å². The highest BCUT2D eigenvalue weighted by molar-refractivity contribution is 6.06. The molecule has 3 aromatic heterocycles. The lowest BCUT2D eigenvalue weighted by molar-refractivity contribution is -0.00636. The smallest absolute Gasteiger partial charge is 0.301 e. The Morgan fingerprint density at radius 2 is 2.10 bits per heavy atom. The van der Waals surface area contributed by atoms with Crippen LogP contribution in [0.1, 0.15) is 34.5 Å². The SMILES string of the molecule is Cc1cccc(-c2ocnc2C(=O)Nc2cnn(Cc3ccc(C(C)(F)F)o3)c2)c1. The Kier molecular flexibility index (Phi) is 4.94. The number of hydrogen-bond acceptors (Lipinski definition) is 5. The zero-order valence-corrected chi connectivity index (χ0v) is 16.2. The monoisotopic (exact) mass is 412 g/mol. The van der Waals surface area contributed by atoms with Crippen LogP contribution in [-0.4, -0.2) is 20.7 Å². The van der Waals surface area contributed by atoms with Crippen LogP contribution in [0.2, 0.25) is 0 Å². The molecule has 0 atom stereocenters. The zero-order valence-electron chi connectivity index (χ0n) is 16.2. The third kappa shape index (κ3) is 4.14. The van der Waals surface area contributed by atoms with Gasteiger partial charge in [0.05, 0.1) is 18.4 Å². The number of amides is 1. The van der Waals surface area contributed by atoms with Crippen molar-refractivity contribution in [2.24, 2.45) is 0 Å². The molecule has 7 nitrogen and oxygen atoms in total. The van der Waals surface area contributed by atoms with Crippen LogP contribution >= 0.6 is 0 Å².